The van der Waals surface area contributed by atoms with Gasteiger partial charge < -0.3 is 4.74 Å². The highest BCUT2D eigenvalue weighted by molar-refractivity contribution is 5.11. The smallest absolute Gasteiger partial charge is 0.112 e. The van der Waals surface area contributed by atoms with Crippen LogP contribution in [0.25, 0.3) is 0 Å². The van der Waals surface area contributed by atoms with E-state index in [-0.39, 0.29) is 5.60 Å². The van der Waals surface area contributed by atoms with Gasteiger partial charge in [0.15, 0.2) is 0 Å². The number of halogens is 1. The normalized spacial score (nSPS) is 60.6. The molecule has 0 aromatic carbocycles. The van der Waals surface area contributed by atoms with E-state index in [4.69, 9.17) is 4.74 Å². The van der Waals surface area contributed by atoms with Crippen LogP contribution in [0.4, 0.5) is 4.39 Å². The minimum atomic E-state index is -0.825. The molecule has 0 aromatic heterocycles. The molecule has 4 rings (SSSR count). The minimum absolute atomic E-state index is 0.0213. The number of hydrogen-bond donors (Lipinski definition) is 0. The SMILES string of the molecule is COC1(C)C2CC3CC1CC(F)(C3)C2. The predicted octanol–water partition coefficient (Wildman–Crippen LogP) is 2.94. The molecule has 0 amide bonds. The molecule has 80 valence electrons. The number of alkyl halides is 1. The van der Waals surface area contributed by atoms with Gasteiger partial charge in [-0.25, -0.2) is 4.39 Å². The Morgan fingerprint density at radius 1 is 1.14 bits per heavy atom. The summed E-state index contributed by atoms with van der Waals surface area (Å²) < 4.78 is 20.0. The van der Waals surface area contributed by atoms with Gasteiger partial charge in [0, 0.05) is 7.11 Å². The van der Waals surface area contributed by atoms with Crippen molar-refractivity contribution in [2.75, 3.05) is 7.11 Å². The first-order chi connectivity index (χ1) is 6.56. The van der Waals surface area contributed by atoms with E-state index in [1.54, 1.807) is 7.11 Å². The maximum Gasteiger partial charge on any atom is 0.112 e. The van der Waals surface area contributed by atoms with Gasteiger partial charge in [-0.15, -0.1) is 0 Å². The van der Waals surface area contributed by atoms with Crippen molar-refractivity contribution in [3.63, 3.8) is 0 Å². The Hall–Kier alpha value is -0.110. The van der Waals surface area contributed by atoms with Gasteiger partial charge in [-0.1, -0.05) is 0 Å². The van der Waals surface area contributed by atoms with E-state index >= 15 is 0 Å². The van der Waals surface area contributed by atoms with Crippen LogP contribution in [-0.4, -0.2) is 18.4 Å². The van der Waals surface area contributed by atoms with Crippen molar-refractivity contribution in [3.8, 4) is 0 Å². The maximum absolute atomic E-state index is 14.3. The van der Waals surface area contributed by atoms with Crippen molar-refractivity contribution in [1.29, 1.82) is 0 Å². The zero-order valence-electron chi connectivity index (χ0n) is 9.05. The van der Waals surface area contributed by atoms with Gasteiger partial charge in [-0.3, -0.25) is 0 Å². The number of ether oxygens (including phenoxy) is 1. The lowest BCUT2D eigenvalue weighted by molar-refractivity contribution is -0.209. The van der Waals surface area contributed by atoms with E-state index in [9.17, 15) is 4.39 Å². The lowest BCUT2D eigenvalue weighted by atomic mass is 9.49. The fraction of sp³-hybridized carbons (Fsp3) is 1.00. The fourth-order valence-electron chi connectivity index (χ4n) is 4.42. The Morgan fingerprint density at radius 3 is 2.14 bits per heavy atom. The van der Waals surface area contributed by atoms with Crippen molar-refractivity contribution in [2.45, 2.75) is 50.3 Å². The van der Waals surface area contributed by atoms with Crippen LogP contribution in [0.2, 0.25) is 0 Å². The van der Waals surface area contributed by atoms with E-state index in [2.05, 4.69) is 6.92 Å². The largest absolute Gasteiger partial charge is 0.378 e. The highest BCUT2D eigenvalue weighted by atomic mass is 19.1. The summed E-state index contributed by atoms with van der Waals surface area (Å²) >= 11 is 0. The van der Waals surface area contributed by atoms with Crippen molar-refractivity contribution in [1.82, 2.24) is 0 Å². The van der Waals surface area contributed by atoms with Crippen LogP contribution in [0, 0.1) is 17.8 Å². The third-order valence-electron chi connectivity index (χ3n) is 5.18. The first kappa shape index (κ1) is 9.14. The third kappa shape index (κ3) is 0.982. The van der Waals surface area contributed by atoms with Crippen LogP contribution >= 0.6 is 0 Å². The van der Waals surface area contributed by atoms with Gasteiger partial charge in [0.25, 0.3) is 0 Å². The second kappa shape index (κ2) is 2.52. The molecule has 4 bridgehead atoms. The molecule has 14 heavy (non-hydrogen) atoms. The Balaban J connectivity index is 1.96. The van der Waals surface area contributed by atoms with Gasteiger partial charge in [0.2, 0.25) is 0 Å². The average molecular weight is 198 g/mol. The zero-order chi connectivity index (χ0) is 9.97. The highest BCUT2D eigenvalue weighted by Gasteiger charge is 2.61. The molecular weight excluding hydrogens is 179 g/mol. The maximum atomic E-state index is 14.3. The summed E-state index contributed by atoms with van der Waals surface area (Å²) in [4.78, 5) is 0. The fourth-order valence-corrected chi connectivity index (χ4v) is 4.42. The molecule has 1 nitrogen and oxygen atoms in total. The summed E-state index contributed by atoms with van der Waals surface area (Å²) in [6.45, 7) is 2.20. The van der Waals surface area contributed by atoms with E-state index in [0.717, 1.165) is 19.3 Å². The molecule has 4 fully saturated rings. The molecule has 2 heteroatoms. The molecule has 2 atom stereocenters. The Bertz CT molecular complexity index is 247. The summed E-state index contributed by atoms with van der Waals surface area (Å²) in [5.41, 5.74) is -0.846. The first-order valence-electron chi connectivity index (χ1n) is 5.80. The van der Waals surface area contributed by atoms with Crippen LogP contribution in [0.15, 0.2) is 0 Å². The zero-order valence-corrected chi connectivity index (χ0v) is 9.05. The number of methoxy groups -OCH3 is 1. The molecule has 4 aliphatic carbocycles. The van der Waals surface area contributed by atoms with E-state index in [1.165, 1.54) is 12.8 Å². The van der Waals surface area contributed by atoms with Gasteiger partial charge in [-0.05, 0) is 56.8 Å². The van der Waals surface area contributed by atoms with Crippen molar-refractivity contribution in [2.24, 2.45) is 17.8 Å². The van der Waals surface area contributed by atoms with Crippen molar-refractivity contribution in [3.05, 3.63) is 0 Å². The molecule has 4 aliphatic rings. The number of rotatable bonds is 1. The summed E-state index contributed by atoms with van der Waals surface area (Å²) in [7, 11) is 1.80. The molecule has 0 heterocycles. The van der Waals surface area contributed by atoms with E-state index < -0.39 is 5.67 Å². The standard InChI is InChI=1S/C12H19FO/c1-11(14-2)9-3-8-4-10(11)7-12(13,5-8)6-9/h8-10H,3-7H2,1-2H3. The van der Waals surface area contributed by atoms with Crippen molar-refractivity contribution >= 4 is 0 Å². The van der Waals surface area contributed by atoms with Crippen molar-refractivity contribution < 1.29 is 9.13 Å². The molecule has 0 N–H and O–H groups in total. The number of hydrogen-bond acceptors (Lipinski definition) is 1. The van der Waals surface area contributed by atoms with Crippen LogP contribution in [0.3, 0.4) is 0 Å². The Labute approximate surface area is 85.0 Å². The summed E-state index contributed by atoms with van der Waals surface area (Å²) in [6.07, 6.45) is 4.74. The summed E-state index contributed by atoms with van der Waals surface area (Å²) in [6, 6.07) is 0. The quantitative estimate of drug-likeness (QED) is 0.629. The van der Waals surface area contributed by atoms with Gasteiger partial charge in [-0.2, -0.15) is 0 Å². The van der Waals surface area contributed by atoms with Gasteiger partial charge >= 0.3 is 0 Å². The average Bonchev–Trinajstić information content (AvgIpc) is 2.11. The van der Waals surface area contributed by atoms with Gasteiger partial charge in [0.1, 0.15) is 5.67 Å². The van der Waals surface area contributed by atoms with E-state index in [1.807, 2.05) is 0 Å². The topological polar surface area (TPSA) is 9.23 Å². The molecule has 0 saturated heterocycles. The third-order valence-corrected chi connectivity index (χ3v) is 5.18. The Morgan fingerprint density at radius 2 is 1.71 bits per heavy atom. The van der Waals surface area contributed by atoms with Crippen LogP contribution in [-0.2, 0) is 4.74 Å². The monoisotopic (exact) mass is 198 g/mol. The lowest BCUT2D eigenvalue weighted by Crippen LogP contribution is -2.61. The second-order valence-electron chi connectivity index (χ2n) is 5.88. The first-order valence-corrected chi connectivity index (χ1v) is 5.80. The van der Waals surface area contributed by atoms with Crippen LogP contribution in [0.5, 0.6) is 0 Å². The molecule has 4 saturated carbocycles. The predicted molar refractivity (Wildman–Crippen MR) is 52.8 cm³/mol. The summed E-state index contributed by atoms with van der Waals surface area (Å²) in [5.74, 6) is 1.60. The lowest BCUT2D eigenvalue weighted by Gasteiger charge is -2.61. The molecule has 0 aliphatic heterocycles. The molecule has 0 aromatic rings. The highest BCUT2D eigenvalue weighted by Crippen LogP contribution is 2.61. The Kier molecular flexibility index (Phi) is 1.65. The van der Waals surface area contributed by atoms with E-state index in [0.29, 0.717) is 17.8 Å². The van der Waals surface area contributed by atoms with Crippen LogP contribution < -0.4 is 0 Å². The van der Waals surface area contributed by atoms with Crippen LogP contribution in [0.1, 0.15) is 39.0 Å². The molecular formula is C12H19FO. The molecule has 2 unspecified atom stereocenters. The summed E-state index contributed by atoms with van der Waals surface area (Å²) in [5, 5.41) is 0. The van der Waals surface area contributed by atoms with Gasteiger partial charge in [0.05, 0.1) is 5.60 Å². The molecule has 0 radical (unpaired) electrons. The minimum Gasteiger partial charge on any atom is -0.378 e. The molecule has 0 spiro atoms. The second-order valence-corrected chi connectivity index (χ2v) is 5.88.